The Labute approximate surface area is 149 Å². The number of carbonyl (C=O) groups excluding carboxylic acids is 1. The number of hydrogen-bond donors (Lipinski definition) is 1. The van der Waals surface area contributed by atoms with E-state index in [4.69, 9.17) is 0 Å². The zero-order valence-corrected chi connectivity index (χ0v) is 15.7. The molecule has 1 amide bonds. The third kappa shape index (κ3) is 4.46. The van der Waals surface area contributed by atoms with Crippen molar-refractivity contribution in [3.8, 4) is 0 Å². The lowest BCUT2D eigenvalue weighted by atomic mass is 10.1. The minimum absolute atomic E-state index is 0.135. The van der Waals surface area contributed by atoms with Crippen LogP contribution in [-0.2, 0) is 10.0 Å². The van der Waals surface area contributed by atoms with Crippen LogP contribution in [0.15, 0.2) is 59.5 Å². The lowest BCUT2D eigenvalue weighted by Crippen LogP contribution is -2.33. The highest BCUT2D eigenvalue weighted by Gasteiger charge is 2.23. The minimum Gasteiger partial charge on any atom is -0.346 e. The van der Waals surface area contributed by atoms with Crippen molar-refractivity contribution < 1.29 is 13.2 Å². The summed E-state index contributed by atoms with van der Waals surface area (Å²) in [5.41, 5.74) is 1.43. The van der Waals surface area contributed by atoms with E-state index in [1.807, 2.05) is 51.1 Å². The Balaban J connectivity index is 2.13. The zero-order valence-electron chi connectivity index (χ0n) is 14.9. The van der Waals surface area contributed by atoms with E-state index in [0.717, 1.165) is 5.56 Å². The second kappa shape index (κ2) is 7.80. The Kier molecular flexibility index (Phi) is 5.98. The van der Waals surface area contributed by atoms with E-state index in [1.165, 1.54) is 28.6 Å². The quantitative estimate of drug-likeness (QED) is 0.860. The molecule has 2 rings (SSSR count). The predicted octanol–water partition coefficient (Wildman–Crippen LogP) is 3.21. The van der Waals surface area contributed by atoms with Gasteiger partial charge in [-0.2, -0.15) is 4.31 Å². The van der Waals surface area contributed by atoms with Crippen LogP contribution in [0.25, 0.3) is 0 Å². The highest BCUT2D eigenvalue weighted by Crippen LogP contribution is 2.18. The fourth-order valence-electron chi connectivity index (χ4n) is 2.33. The van der Waals surface area contributed by atoms with Gasteiger partial charge in [0.05, 0.1) is 10.9 Å². The Morgan fingerprint density at radius 2 is 1.52 bits per heavy atom. The van der Waals surface area contributed by atoms with Gasteiger partial charge in [0.15, 0.2) is 0 Å². The SMILES string of the molecule is CC(NC(=O)c1ccc(S(=O)(=O)N(C)C(C)C)cc1)c1ccccc1. The molecule has 0 aliphatic heterocycles. The van der Waals surface area contributed by atoms with Gasteiger partial charge in [0.25, 0.3) is 5.91 Å². The van der Waals surface area contributed by atoms with Gasteiger partial charge in [0.2, 0.25) is 10.0 Å². The van der Waals surface area contributed by atoms with Crippen LogP contribution < -0.4 is 5.32 Å². The van der Waals surface area contributed by atoms with Crippen LogP contribution >= 0.6 is 0 Å². The molecule has 1 N–H and O–H groups in total. The lowest BCUT2D eigenvalue weighted by molar-refractivity contribution is 0.0940. The Morgan fingerprint density at radius 3 is 2.04 bits per heavy atom. The van der Waals surface area contributed by atoms with E-state index in [-0.39, 0.29) is 22.9 Å². The second-order valence-electron chi connectivity index (χ2n) is 6.25. The smallest absolute Gasteiger partial charge is 0.251 e. The minimum atomic E-state index is -3.55. The van der Waals surface area contributed by atoms with E-state index in [2.05, 4.69) is 5.32 Å². The molecule has 0 aliphatic carbocycles. The van der Waals surface area contributed by atoms with Crippen molar-refractivity contribution in [2.75, 3.05) is 7.05 Å². The molecule has 134 valence electrons. The maximum atomic E-state index is 12.4. The number of benzene rings is 2. The second-order valence-corrected chi connectivity index (χ2v) is 8.24. The average Bonchev–Trinajstić information content (AvgIpc) is 2.61. The van der Waals surface area contributed by atoms with Gasteiger partial charge in [-0.05, 0) is 50.6 Å². The summed E-state index contributed by atoms with van der Waals surface area (Å²) in [5.74, 6) is -0.238. The molecular formula is C19H24N2O3S. The molecule has 5 nitrogen and oxygen atoms in total. The molecule has 0 spiro atoms. The summed E-state index contributed by atoms with van der Waals surface area (Å²) in [4.78, 5) is 12.5. The van der Waals surface area contributed by atoms with Crippen molar-refractivity contribution >= 4 is 15.9 Å². The summed E-state index contributed by atoms with van der Waals surface area (Å²) in [6, 6.07) is 15.4. The molecule has 0 aromatic heterocycles. The first-order chi connectivity index (χ1) is 11.7. The summed E-state index contributed by atoms with van der Waals surface area (Å²) in [6.07, 6.45) is 0. The normalized spacial score (nSPS) is 13.0. The van der Waals surface area contributed by atoms with Gasteiger partial charge in [-0.15, -0.1) is 0 Å². The Morgan fingerprint density at radius 1 is 0.960 bits per heavy atom. The number of nitrogens with zero attached hydrogens (tertiary/aromatic N) is 1. The Bertz CT molecular complexity index is 816. The number of carbonyl (C=O) groups is 1. The van der Waals surface area contributed by atoms with E-state index in [0.29, 0.717) is 5.56 Å². The molecule has 0 fully saturated rings. The van der Waals surface area contributed by atoms with Crippen LogP contribution in [-0.4, -0.2) is 31.7 Å². The highest BCUT2D eigenvalue weighted by atomic mass is 32.2. The van der Waals surface area contributed by atoms with Crippen molar-refractivity contribution in [1.29, 1.82) is 0 Å². The van der Waals surface area contributed by atoms with Gasteiger partial charge < -0.3 is 5.32 Å². The lowest BCUT2D eigenvalue weighted by Gasteiger charge is -2.21. The molecule has 0 radical (unpaired) electrons. The molecule has 25 heavy (non-hydrogen) atoms. The number of amides is 1. The molecule has 0 saturated carbocycles. The van der Waals surface area contributed by atoms with Gasteiger partial charge >= 0.3 is 0 Å². The fourth-order valence-corrected chi connectivity index (χ4v) is 3.69. The summed E-state index contributed by atoms with van der Waals surface area (Å²) in [5, 5.41) is 2.91. The molecule has 6 heteroatoms. The van der Waals surface area contributed by atoms with Gasteiger partial charge in [-0.3, -0.25) is 4.79 Å². The van der Waals surface area contributed by atoms with Gasteiger partial charge in [-0.25, -0.2) is 8.42 Å². The third-order valence-electron chi connectivity index (χ3n) is 4.17. The van der Waals surface area contributed by atoms with E-state index >= 15 is 0 Å². The van der Waals surface area contributed by atoms with Crippen LogP contribution in [0.5, 0.6) is 0 Å². The maximum absolute atomic E-state index is 12.4. The van der Waals surface area contributed by atoms with Crippen LogP contribution in [0.2, 0.25) is 0 Å². The first kappa shape index (κ1) is 19.1. The van der Waals surface area contributed by atoms with Gasteiger partial charge in [0, 0.05) is 18.7 Å². The first-order valence-corrected chi connectivity index (χ1v) is 9.61. The molecule has 1 unspecified atom stereocenters. The van der Waals surface area contributed by atoms with E-state index < -0.39 is 10.0 Å². The molecule has 2 aromatic rings. The standard InChI is InChI=1S/C19H24N2O3S/c1-14(2)21(4)25(23,24)18-12-10-17(11-13-18)19(22)20-15(3)16-8-6-5-7-9-16/h5-15H,1-4H3,(H,20,22). The molecule has 0 heterocycles. The van der Waals surface area contributed by atoms with Crippen LogP contribution in [0, 0.1) is 0 Å². The predicted molar refractivity (Wildman–Crippen MR) is 98.9 cm³/mol. The first-order valence-electron chi connectivity index (χ1n) is 8.17. The van der Waals surface area contributed by atoms with Crippen molar-refractivity contribution in [1.82, 2.24) is 9.62 Å². The van der Waals surface area contributed by atoms with Crippen molar-refractivity contribution in [2.45, 2.75) is 37.8 Å². The number of hydrogen-bond acceptors (Lipinski definition) is 3. The Hall–Kier alpha value is -2.18. The van der Waals surface area contributed by atoms with Crippen LogP contribution in [0.3, 0.4) is 0 Å². The van der Waals surface area contributed by atoms with Crippen molar-refractivity contribution in [3.63, 3.8) is 0 Å². The van der Waals surface area contributed by atoms with E-state index in [1.54, 1.807) is 7.05 Å². The molecule has 0 bridgehead atoms. The molecule has 0 aliphatic rings. The fraction of sp³-hybridized carbons (Fsp3) is 0.316. The third-order valence-corrected chi connectivity index (χ3v) is 6.22. The molecular weight excluding hydrogens is 336 g/mol. The van der Waals surface area contributed by atoms with Gasteiger partial charge in [0.1, 0.15) is 0 Å². The van der Waals surface area contributed by atoms with Crippen molar-refractivity contribution in [3.05, 3.63) is 65.7 Å². The summed E-state index contributed by atoms with van der Waals surface area (Å²) >= 11 is 0. The van der Waals surface area contributed by atoms with Gasteiger partial charge in [-0.1, -0.05) is 30.3 Å². The average molecular weight is 360 g/mol. The largest absolute Gasteiger partial charge is 0.346 e. The molecule has 2 aromatic carbocycles. The highest BCUT2D eigenvalue weighted by molar-refractivity contribution is 7.89. The zero-order chi connectivity index (χ0) is 18.6. The monoisotopic (exact) mass is 360 g/mol. The topological polar surface area (TPSA) is 66.5 Å². The molecule has 0 saturated heterocycles. The number of nitrogens with one attached hydrogen (secondary N) is 1. The van der Waals surface area contributed by atoms with E-state index in [9.17, 15) is 13.2 Å². The maximum Gasteiger partial charge on any atom is 0.251 e. The number of sulfonamides is 1. The molecule has 1 atom stereocenters. The van der Waals surface area contributed by atoms with Crippen LogP contribution in [0.4, 0.5) is 0 Å². The summed E-state index contributed by atoms with van der Waals surface area (Å²) in [7, 11) is -2.00. The summed E-state index contributed by atoms with van der Waals surface area (Å²) < 4.78 is 26.2. The number of rotatable bonds is 6. The van der Waals surface area contributed by atoms with Crippen LogP contribution in [0.1, 0.15) is 42.7 Å². The summed E-state index contributed by atoms with van der Waals surface area (Å²) in [6.45, 7) is 5.53. The van der Waals surface area contributed by atoms with Crippen molar-refractivity contribution in [2.24, 2.45) is 0 Å².